The van der Waals surface area contributed by atoms with Crippen LogP contribution in [0, 0.1) is 25.7 Å². The summed E-state index contributed by atoms with van der Waals surface area (Å²) in [4.78, 5) is 30.3. The average molecular weight is 514 g/mol. The predicted molar refractivity (Wildman–Crippen MR) is 141 cm³/mol. The first kappa shape index (κ1) is 26.9. The quantitative estimate of drug-likeness (QED) is 0.618. The number of rotatable bonds is 5. The van der Waals surface area contributed by atoms with Gasteiger partial charge in [-0.3, -0.25) is 9.69 Å². The Balaban J connectivity index is 1.57. The van der Waals surface area contributed by atoms with Gasteiger partial charge in [0.2, 0.25) is 0 Å². The maximum absolute atomic E-state index is 13.5. The van der Waals surface area contributed by atoms with Gasteiger partial charge in [-0.15, -0.1) is 0 Å². The molecule has 3 atom stereocenters. The summed E-state index contributed by atoms with van der Waals surface area (Å²) in [6.07, 6.45) is 2.46. The number of carbonyl (C=O) groups excluding carboxylic acids is 2. The van der Waals surface area contributed by atoms with Crippen molar-refractivity contribution in [1.29, 1.82) is 0 Å². The molecule has 1 aliphatic carbocycles. The number of likely N-dealkylation sites (N-methyl/N-ethyl adjacent to an activating group) is 1. The number of nitrogens with one attached hydrogen (secondary N) is 2. The first-order chi connectivity index (χ1) is 17.7. The van der Waals surface area contributed by atoms with Gasteiger partial charge in [0.05, 0.1) is 11.7 Å². The summed E-state index contributed by atoms with van der Waals surface area (Å²) in [5.41, 5.74) is 1.97. The molecule has 10 heteroatoms. The highest BCUT2D eigenvalue weighted by molar-refractivity contribution is 6.02. The van der Waals surface area contributed by atoms with Crippen LogP contribution in [-0.4, -0.2) is 79.4 Å². The van der Waals surface area contributed by atoms with Crippen molar-refractivity contribution in [3.8, 4) is 5.75 Å². The minimum Gasteiger partial charge on any atom is -0.491 e. The molecule has 0 bridgehead atoms. The number of aromatic nitrogens is 1. The number of methoxy groups -OCH3 is 1. The molecule has 202 valence electrons. The van der Waals surface area contributed by atoms with Gasteiger partial charge in [0.25, 0.3) is 5.91 Å². The van der Waals surface area contributed by atoms with Crippen LogP contribution in [0.2, 0.25) is 0 Å². The van der Waals surface area contributed by atoms with Crippen LogP contribution in [0.4, 0.5) is 16.2 Å². The molecule has 1 aliphatic heterocycles. The molecule has 37 heavy (non-hydrogen) atoms. The largest absolute Gasteiger partial charge is 0.491 e. The average Bonchev–Trinajstić information content (AvgIpc) is 3.64. The second-order valence-corrected chi connectivity index (χ2v) is 10.5. The highest BCUT2D eigenvalue weighted by Gasteiger charge is 2.31. The molecule has 0 saturated heterocycles. The van der Waals surface area contributed by atoms with Gasteiger partial charge in [0, 0.05) is 45.5 Å². The number of fused-ring (bicyclic) bond motifs is 1. The zero-order valence-electron chi connectivity index (χ0n) is 22.7. The van der Waals surface area contributed by atoms with Crippen molar-refractivity contribution in [3.63, 3.8) is 0 Å². The number of amides is 3. The van der Waals surface area contributed by atoms with Crippen molar-refractivity contribution in [2.45, 2.75) is 52.7 Å². The number of aryl methyl sites for hydroxylation is 2. The van der Waals surface area contributed by atoms with Crippen molar-refractivity contribution >= 4 is 23.3 Å². The van der Waals surface area contributed by atoms with E-state index in [9.17, 15) is 9.59 Å². The summed E-state index contributed by atoms with van der Waals surface area (Å²) in [5.74, 6) is 1.81. The Morgan fingerprint density at radius 3 is 2.59 bits per heavy atom. The maximum atomic E-state index is 13.5. The molecule has 0 unspecified atom stereocenters. The van der Waals surface area contributed by atoms with Crippen molar-refractivity contribution < 1.29 is 23.6 Å². The lowest BCUT2D eigenvalue weighted by atomic mass is 10.0. The number of urea groups is 1. The van der Waals surface area contributed by atoms with Crippen LogP contribution in [0.25, 0.3) is 0 Å². The summed E-state index contributed by atoms with van der Waals surface area (Å²) in [7, 11) is 3.47. The second kappa shape index (κ2) is 11.5. The van der Waals surface area contributed by atoms with E-state index in [0.29, 0.717) is 47.3 Å². The van der Waals surface area contributed by atoms with Crippen molar-refractivity contribution in [2.24, 2.45) is 11.8 Å². The minimum atomic E-state index is -0.457. The first-order valence-electron chi connectivity index (χ1n) is 13.0. The van der Waals surface area contributed by atoms with Crippen LogP contribution < -0.4 is 15.4 Å². The molecule has 2 heterocycles. The lowest BCUT2D eigenvalue weighted by molar-refractivity contribution is 0.00994. The lowest BCUT2D eigenvalue weighted by Crippen LogP contribution is -2.47. The van der Waals surface area contributed by atoms with Crippen molar-refractivity contribution in [3.05, 3.63) is 35.2 Å². The van der Waals surface area contributed by atoms with Crippen LogP contribution in [-0.2, 0) is 4.74 Å². The Kier molecular flexibility index (Phi) is 8.39. The minimum absolute atomic E-state index is 0.103. The fraction of sp³-hybridized carbons (Fsp3) is 0.593. The zero-order valence-corrected chi connectivity index (χ0v) is 22.7. The molecule has 4 rings (SSSR count). The van der Waals surface area contributed by atoms with Crippen LogP contribution in [0.3, 0.4) is 0 Å². The van der Waals surface area contributed by atoms with Gasteiger partial charge in [-0.2, -0.15) is 0 Å². The Morgan fingerprint density at radius 2 is 1.95 bits per heavy atom. The summed E-state index contributed by atoms with van der Waals surface area (Å²) < 4.78 is 17.2. The first-order valence-corrected chi connectivity index (χ1v) is 13.0. The molecule has 1 fully saturated rings. The summed E-state index contributed by atoms with van der Waals surface area (Å²) in [5, 5.41) is 9.41. The molecule has 0 spiro atoms. The van der Waals surface area contributed by atoms with Gasteiger partial charge < -0.3 is 29.5 Å². The molecule has 1 aromatic heterocycles. The fourth-order valence-electron chi connectivity index (χ4n) is 4.75. The Morgan fingerprint density at radius 1 is 1.19 bits per heavy atom. The number of hydrogen-bond donors (Lipinski definition) is 2. The molecule has 1 aromatic carbocycles. The molecular weight excluding hydrogens is 474 g/mol. The standard InChI is InChI=1S/C27H39N5O5/c1-16-12-32(13-20-7-8-20)17(2)15-36-23-10-9-21(11-22(23)26(33)31(5)14-24(16)35-6)28-27(34)29-25-18(3)30-37-19(25)4/h9-11,16-17,20,24H,7-8,12-15H2,1-6H3,(H2,28,29,34)/t16-,17+,24+/m0/s1. The third-order valence-corrected chi connectivity index (χ3v) is 7.29. The number of nitrogens with zero attached hydrogens (tertiary/aromatic N) is 3. The number of carbonyl (C=O) groups is 2. The SMILES string of the molecule is CO[C@@H]1CN(C)C(=O)c2cc(NC(=O)Nc3c(C)noc3C)ccc2OC[C@@H](C)N(CC2CC2)C[C@@H]1C. The van der Waals surface area contributed by atoms with E-state index in [0.717, 1.165) is 19.0 Å². The van der Waals surface area contributed by atoms with Crippen LogP contribution in [0.1, 0.15) is 48.5 Å². The van der Waals surface area contributed by atoms with Gasteiger partial charge >= 0.3 is 6.03 Å². The van der Waals surface area contributed by atoms with E-state index in [4.69, 9.17) is 14.0 Å². The lowest BCUT2D eigenvalue weighted by Gasteiger charge is -2.36. The van der Waals surface area contributed by atoms with E-state index >= 15 is 0 Å². The Hall–Kier alpha value is -3.11. The molecule has 1 saturated carbocycles. The normalized spacial score (nSPS) is 23.5. The van der Waals surface area contributed by atoms with Crippen LogP contribution in [0.5, 0.6) is 5.75 Å². The van der Waals surface area contributed by atoms with E-state index in [1.807, 2.05) is 0 Å². The molecular formula is C27H39N5O5. The summed E-state index contributed by atoms with van der Waals surface area (Å²) >= 11 is 0. The number of benzene rings is 1. The second-order valence-electron chi connectivity index (χ2n) is 10.5. The van der Waals surface area contributed by atoms with E-state index in [-0.39, 0.29) is 24.0 Å². The number of ether oxygens (including phenoxy) is 2. The van der Waals surface area contributed by atoms with E-state index in [1.54, 1.807) is 51.1 Å². The van der Waals surface area contributed by atoms with Crippen LogP contribution >= 0.6 is 0 Å². The van der Waals surface area contributed by atoms with E-state index in [2.05, 4.69) is 34.5 Å². The van der Waals surface area contributed by atoms with Gasteiger partial charge in [0.15, 0.2) is 5.76 Å². The molecule has 2 aliphatic rings. The molecule has 0 radical (unpaired) electrons. The summed E-state index contributed by atoms with van der Waals surface area (Å²) in [6, 6.07) is 4.86. The van der Waals surface area contributed by atoms with Gasteiger partial charge in [0.1, 0.15) is 23.7 Å². The molecule has 2 N–H and O–H groups in total. The van der Waals surface area contributed by atoms with Crippen LogP contribution in [0.15, 0.2) is 22.7 Å². The zero-order chi connectivity index (χ0) is 26.7. The smallest absolute Gasteiger partial charge is 0.323 e. The monoisotopic (exact) mass is 513 g/mol. The predicted octanol–water partition coefficient (Wildman–Crippen LogP) is 4.15. The Labute approximate surface area is 218 Å². The number of anilines is 2. The number of hydrogen-bond acceptors (Lipinski definition) is 7. The van der Waals surface area contributed by atoms with Gasteiger partial charge in [-0.25, -0.2) is 4.79 Å². The highest BCUT2D eigenvalue weighted by atomic mass is 16.5. The topological polar surface area (TPSA) is 109 Å². The van der Waals surface area contributed by atoms with E-state index < -0.39 is 6.03 Å². The highest BCUT2D eigenvalue weighted by Crippen LogP contribution is 2.32. The van der Waals surface area contributed by atoms with Crippen molar-refractivity contribution in [2.75, 3.05) is 51.0 Å². The maximum Gasteiger partial charge on any atom is 0.323 e. The molecule has 2 aromatic rings. The van der Waals surface area contributed by atoms with Gasteiger partial charge in [-0.1, -0.05) is 12.1 Å². The molecule has 10 nitrogen and oxygen atoms in total. The van der Waals surface area contributed by atoms with E-state index in [1.165, 1.54) is 12.8 Å². The van der Waals surface area contributed by atoms with Gasteiger partial charge in [-0.05, 0) is 63.6 Å². The summed E-state index contributed by atoms with van der Waals surface area (Å²) in [6.45, 7) is 10.7. The third-order valence-electron chi connectivity index (χ3n) is 7.29. The Bertz CT molecular complexity index is 1100. The fourth-order valence-corrected chi connectivity index (χ4v) is 4.75. The molecule has 3 amide bonds. The van der Waals surface area contributed by atoms with Crippen molar-refractivity contribution in [1.82, 2.24) is 15.0 Å². The third kappa shape index (κ3) is 6.61.